The lowest BCUT2D eigenvalue weighted by molar-refractivity contribution is 0.412. The summed E-state index contributed by atoms with van der Waals surface area (Å²) in [4.78, 5) is 3.72. The fraction of sp³-hybridized carbons (Fsp3) is 0.154. The first-order valence-electron chi connectivity index (χ1n) is 5.82. The first kappa shape index (κ1) is 16.1. The number of hydrogen-bond acceptors (Lipinski definition) is 4. The van der Waals surface area contributed by atoms with Gasteiger partial charge < -0.3 is 4.74 Å². The third-order valence-corrected chi connectivity index (χ3v) is 4.95. The van der Waals surface area contributed by atoms with Crippen LogP contribution < -0.4 is 9.46 Å². The SMILES string of the molecule is COc1ccc(NS(=O)(=O)c2cc(Br)cnc2Cl)cc1C. The van der Waals surface area contributed by atoms with Gasteiger partial charge in [-0.2, -0.15) is 0 Å². The van der Waals surface area contributed by atoms with Crippen LogP contribution in [0.1, 0.15) is 5.56 Å². The van der Waals surface area contributed by atoms with Crippen LogP contribution in [0, 0.1) is 6.92 Å². The van der Waals surface area contributed by atoms with E-state index < -0.39 is 10.0 Å². The molecule has 0 aliphatic heterocycles. The third-order valence-electron chi connectivity index (χ3n) is 2.71. The molecule has 0 saturated carbocycles. The van der Waals surface area contributed by atoms with E-state index in [9.17, 15) is 8.42 Å². The van der Waals surface area contributed by atoms with E-state index in [0.29, 0.717) is 15.9 Å². The molecule has 2 rings (SSSR count). The molecule has 0 fully saturated rings. The average molecular weight is 392 g/mol. The Bertz CT molecular complexity index is 781. The van der Waals surface area contributed by atoms with Crippen molar-refractivity contribution in [2.45, 2.75) is 11.8 Å². The molecule has 0 saturated heterocycles. The number of benzene rings is 1. The maximum Gasteiger partial charge on any atom is 0.265 e. The summed E-state index contributed by atoms with van der Waals surface area (Å²) in [6.07, 6.45) is 1.43. The molecule has 8 heteroatoms. The van der Waals surface area contributed by atoms with Gasteiger partial charge in [0.15, 0.2) is 0 Å². The molecule has 5 nitrogen and oxygen atoms in total. The molecule has 0 atom stereocenters. The van der Waals surface area contributed by atoms with Gasteiger partial charge in [-0.25, -0.2) is 13.4 Å². The highest BCUT2D eigenvalue weighted by molar-refractivity contribution is 9.10. The van der Waals surface area contributed by atoms with Gasteiger partial charge >= 0.3 is 0 Å². The van der Waals surface area contributed by atoms with Crippen LogP contribution in [0.2, 0.25) is 5.15 Å². The van der Waals surface area contributed by atoms with Crippen LogP contribution in [0.4, 0.5) is 5.69 Å². The number of aromatic nitrogens is 1. The lowest BCUT2D eigenvalue weighted by Gasteiger charge is -2.11. The molecule has 0 unspecified atom stereocenters. The molecule has 0 bridgehead atoms. The summed E-state index contributed by atoms with van der Waals surface area (Å²) in [5, 5.41) is -0.0871. The van der Waals surface area contributed by atoms with Gasteiger partial charge in [0.2, 0.25) is 0 Å². The van der Waals surface area contributed by atoms with Crippen molar-refractivity contribution in [1.29, 1.82) is 0 Å². The quantitative estimate of drug-likeness (QED) is 0.808. The highest BCUT2D eigenvalue weighted by Gasteiger charge is 2.20. The van der Waals surface area contributed by atoms with Crippen molar-refractivity contribution < 1.29 is 13.2 Å². The Morgan fingerprint density at radius 3 is 2.67 bits per heavy atom. The van der Waals surface area contributed by atoms with Gasteiger partial charge in [-0.3, -0.25) is 4.72 Å². The van der Waals surface area contributed by atoms with Gasteiger partial charge in [0, 0.05) is 16.4 Å². The summed E-state index contributed by atoms with van der Waals surface area (Å²) in [5.74, 6) is 0.681. The topological polar surface area (TPSA) is 68.3 Å². The molecule has 0 spiro atoms. The summed E-state index contributed by atoms with van der Waals surface area (Å²) >= 11 is 9.03. The molecule has 1 aromatic heterocycles. The maximum atomic E-state index is 12.4. The molecule has 1 heterocycles. The van der Waals surface area contributed by atoms with Crippen molar-refractivity contribution in [2.24, 2.45) is 0 Å². The van der Waals surface area contributed by atoms with Crippen LogP contribution in [0.3, 0.4) is 0 Å². The first-order valence-corrected chi connectivity index (χ1v) is 8.47. The zero-order valence-corrected chi connectivity index (χ0v) is 14.4. The van der Waals surface area contributed by atoms with Gasteiger partial charge in [-0.15, -0.1) is 0 Å². The maximum absolute atomic E-state index is 12.4. The van der Waals surface area contributed by atoms with Gasteiger partial charge in [0.25, 0.3) is 10.0 Å². The van der Waals surface area contributed by atoms with E-state index in [-0.39, 0.29) is 10.0 Å². The number of aryl methyl sites for hydroxylation is 1. The minimum absolute atomic E-state index is 0.0871. The lowest BCUT2D eigenvalue weighted by atomic mass is 10.2. The number of methoxy groups -OCH3 is 1. The first-order chi connectivity index (χ1) is 9.83. The van der Waals surface area contributed by atoms with E-state index in [4.69, 9.17) is 16.3 Å². The second-order valence-corrected chi connectivity index (χ2v) is 7.16. The fourth-order valence-electron chi connectivity index (χ4n) is 1.74. The lowest BCUT2D eigenvalue weighted by Crippen LogP contribution is -2.14. The second-order valence-electron chi connectivity index (χ2n) is 4.23. The molecule has 0 radical (unpaired) electrons. The number of hydrogen-bond donors (Lipinski definition) is 1. The van der Waals surface area contributed by atoms with Crippen molar-refractivity contribution >= 4 is 43.2 Å². The van der Waals surface area contributed by atoms with Gasteiger partial charge in [-0.05, 0) is 52.7 Å². The van der Waals surface area contributed by atoms with Crippen molar-refractivity contribution in [2.75, 3.05) is 11.8 Å². The van der Waals surface area contributed by atoms with Crippen LogP contribution >= 0.6 is 27.5 Å². The smallest absolute Gasteiger partial charge is 0.265 e. The van der Waals surface area contributed by atoms with Crippen LogP contribution in [-0.2, 0) is 10.0 Å². The molecule has 2 aromatic rings. The molecular weight excluding hydrogens is 380 g/mol. The molecule has 0 aliphatic carbocycles. The number of sulfonamides is 1. The van der Waals surface area contributed by atoms with Crippen LogP contribution in [0.25, 0.3) is 0 Å². The Labute approximate surface area is 136 Å². The minimum Gasteiger partial charge on any atom is -0.496 e. The normalized spacial score (nSPS) is 11.2. The van der Waals surface area contributed by atoms with E-state index in [1.165, 1.54) is 12.3 Å². The molecule has 21 heavy (non-hydrogen) atoms. The number of ether oxygens (including phenoxy) is 1. The summed E-state index contributed by atoms with van der Waals surface area (Å²) in [6.45, 7) is 1.82. The molecule has 1 N–H and O–H groups in total. The number of nitrogens with zero attached hydrogens (tertiary/aromatic N) is 1. The highest BCUT2D eigenvalue weighted by Crippen LogP contribution is 2.27. The molecule has 0 aliphatic rings. The molecule has 1 aromatic carbocycles. The Balaban J connectivity index is 2.37. The van der Waals surface area contributed by atoms with E-state index >= 15 is 0 Å². The average Bonchev–Trinajstić information content (AvgIpc) is 2.41. The largest absolute Gasteiger partial charge is 0.496 e. The van der Waals surface area contributed by atoms with Crippen molar-refractivity contribution in [1.82, 2.24) is 4.98 Å². The molecule has 0 amide bonds. The van der Waals surface area contributed by atoms with Gasteiger partial charge in [0.1, 0.15) is 15.8 Å². The standard InChI is InChI=1S/C13H12BrClN2O3S/c1-8-5-10(3-4-11(8)20-2)17-21(18,19)12-6-9(14)7-16-13(12)15/h3-7,17H,1-2H3. The number of nitrogens with one attached hydrogen (secondary N) is 1. The highest BCUT2D eigenvalue weighted by atomic mass is 79.9. The summed E-state index contributed by atoms with van der Waals surface area (Å²) in [7, 11) is -2.26. The second kappa shape index (κ2) is 6.21. The Morgan fingerprint density at radius 1 is 1.33 bits per heavy atom. The number of halogens is 2. The van der Waals surface area contributed by atoms with Crippen LogP contribution in [0.5, 0.6) is 5.75 Å². The number of anilines is 1. The Morgan fingerprint density at radius 2 is 2.05 bits per heavy atom. The van der Waals surface area contributed by atoms with Crippen LogP contribution in [-0.4, -0.2) is 20.5 Å². The van der Waals surface area contributed by atoms with Gasteiger partial charge in [-0.1, -0.05) is 11.6 Å². The predicted octanol–water partition coefficient (Wildman–Crippen LogP) is 3.62. The van der Waals surface area contributed by atoms with E-state index in [2.05, 4.69) is 25.6 Å². The number of pyridine rings is 1. The van der Waals surface area contributed by atoms with E-state index in [0.717, 1.165) is 5.56 Å². The zero-order chi connectivity index (χ0) is 15.6. The zero-order valence-electron chi connectivity index (χ0n) is 11.2. The fourth-order valence-corrected chi connectivity index (χ4v) is 3.74. The van der Waals surface area contributed by atoms with Crippen molar-refractivity contribution in [3.05, 3.63) is 45.7 Å². The Hall–Kier alpha value is -1.31. The van der Waals surface area contributed by atoms with Gasteiger partial charge in [0.05, 0.1) is 7.11 Å². The van der Waals surface area contributed by atoms with Crippen LogP contribution in [0.15, 0.2) is 39.8 Å². The van der Waals surface area contributed by atoms with E-state index in [1.54, 1.807) is 25.3 Å². The predicted molar refractivity (Wildman–Crippen MR) is 85.5 cm³/mol. The third kappa shape index (κ3) is 3.66. The summed E-state index contributed by atoms with van der Waals surface area (Å²) < 4.78 is 32.8. The summed E-state index contributed by atoms with van der Waals surface area (Å²) in [5.41, 5.74) is 1.24. The minimum atomic E-state index is -3.82. The Kier molecular flexibility index (Phi) is 4.75. The molecule has 112 valence electrons. The van der Waals surface area contributed by atoms with E-state index in [1.807, 2.05) is 6.92 Å². The number of rotatable bonds is 4. The van der Waals surface area contributed by atoms with Crippen molar-refractivity contribution in [3.63, 3.8) is 0 Å². The summed E-state index contributed by atoms with van der Waals surface area (Å²) in [6, 6.07) is 6.38. The van der Waals surface area contributed by atoms with Crippen molar-refractivity contribution in [3.8, 4) is 5.75 Å². The molecular formula is C13H12BrClN2O3S. The monoisotopic (exact) mass is 390 g/mol.